The molecule has 0 bridgehead atoms. The Balaban J connectivity index is 2.12. The molecule has 6 nitrogen and oxygen atoms in total. The molecule has 2 rings (SSSR count). The van der Waals surface area contributed by atoms with Crippen LogP contribution in [-0.2, 0) is 22.3 Å². The number of benzene rings is 1. The molecule has 0 aliphatic rings. The van der Waals surface area contributed by atoms with Crippen LogP contribution in [0.4, 0.5) is 5.69 Å². The Morgan fingerprint density at radius 1 is 1.16 bits per heavy atom. The molecule has 0 aliphatic carbocycles. The van der Waals surface area contributed by atoms with Crippen molar-refractivity contribution in [3.8, 4) is 0 Å². The molecule has 2 aromatic rings. The van der Waals surface area contributed by atoms with Crippen molar-refractivity contribution in [1.82, 2.24) is 9.97 Å². The van der Waals surface area contributed by atoms with Gasteiger partial charge in [-0.2, -0.15) is 0 Å². The molecule has 0 amide bonds. The van der Waals surface area contributed by atoms with Gasteiger partial charge in [-0.15, -0.1) is 0 Å². The minimum Gasteiger partial charge on any atom is -0.326 e. The lowest BCUT2D eigenvalue weighted by atomic mass is 10.1. The largest absolute Gasteiger partial charge is 0.326 e. The van der Waals surface area contributed by atoms with Gasteiger partial charge in [0, 0.05) is 6.54 Å². The van der Waals surface area contributed by atoms with Crippen molar-refractivity contribution < 1.29 is 8.42 Å². The summed E-state index contributed by atoms with van der Waals surface area (Å²) < 4.78 is 26.4. The van der Waals surface area contributed by atoms with E-state index in [0.29, 0.717) is 17.8 Å². The lowest BCUT2D eigenvalue weighted by Crippen LogP contribution is -2.15. The van der Waals surface area contributed by atoms with Crippen molar-refractivity contribution in [1.29, 1.82) is 0 Å². The summed E-state index contributed by atoms with van der Waals surface area (Å²) in [6.07, 6.45) is 4.14. The van der Waals surface area contributed by atoms with E-state index in [1.54, 1.807) is 18.2 Å². The third-order valence-electron chi connectivity index (χ3n) is 2.42. The Hall–Kier alpha value is -1.99. The SMILES string of the molecule is NCc1cccc(CS(=O)(=O)Nc2cncnc2)c1. The highest BCUT2D eigenvalue weighted by molar-refractivity contribution is 7.91. The van der Waals surface area contributed by atoms with E-state index in [0.717, 1.165) is 5.56 Å². The summed E-state index contributed by atoms with van der Waals surface area (Å²) in [5.74, 6) is -0.115. The summed E-state index contributed by atoms with van der Waals surface area (Å²) in [4.78, 5) is 7.50. The van der Waals surface area contributed by atoms with Crippen LogP contribution in [0.3, 0.4) is 0 Å². The van der Waals surface area contributed by atoms with Crippen LogP contribution in [-0.4, -0.2) is 18.4 Å². The fourth-order valence-electron chi connectivity index (χ4n) is 1.63. The topological polar surface area (TPSA) is 98.0 Å². The Labute approximate surface area is 111 Å². The fourth-order valence-corrected chi connectivity index (χ4v) is 2.79. The number of hydrogen-bond donors (Lipinski definition) is 2. The van der Waals surface area contributed by atoms with Crippen molar-refractivity contribution >= 4 is 15.7 Å². The van der Waals surface area contributed by atoms with Gasteiger partial charge < -0.3 is 5.73 Å². The number of hydrogen-bond acceptors (Lipinski definition) is 5. The van der Waals surface area contributed by atoms with E-state index in [1.807, 2.05) is 6.07 Å². The monoisotopic (exact) mass is 278 g/mol. The van der Waals surface area contributed by atoms with Crippen LogP contribution >= 0.6 is 0 Å². The normalized spacial score (nSPS) is 11.2. The van der Waals surface area contributed by atoms with Crippen molar-refractivity contribution in [3.63, 3.8) is 0 Å². The zero-order valence-corrected chi connectivity index (χ0v) is 11.0. The molecule has 1 heterocycles. The van der Waals surface area contributed by atoms with Crippen LogP contribution in [0.15, 0.2) is 43.0 Å². The summed E-state index contributed by atoms with van der Waals surface area (Å²) >= 11 is 0. The van der Waals surface area contributed by atoms with Gasteiger partial charge in [-0.25, -0.2) is 18.4 Å². The highest BCUT2D eigenvalue weighted by Gasteiger charge is 2.12. The molecule has 0 radical (unpaired) electrons. The summed E-state index contributed by atoms with van der Waals surface area (Å²) in [6, 6.07) is 7.17. The molecule has 0 fully saturated rings. The Bertz CT molecular complexity index is 644. The highest BCUT2D eigenvalue weighted by atomic mass is 32.2. The predicted octanol–water partition coefficient (Wildman–Crippen LogP) is 0.877. The highest BCUT2D eigenvalue weighted by Crippen LogP contribution is 2.12. The van der Waals surface area contributed by atoms with E-state index in [2.05, 4.69) is 14.7 Å². The van der Waals surface area contributed by atoms with Crippen LogP contribution in [0.1, 0.15) is 11.1 Å². The van der Waals surface area contributed by atoms with E-state index in [4.69, 9.17) is 5.73 Å². The first kappa shape index (κ1) is 13.4. The Morgan fingerprint density at radius 2 is 1.84 bits per heavy atom. The first-order valence-corrected chi connectivity index (χ1v) is 7.28. The van der Waals surface area contributed by atoms with E-state index >= 15 is 0 Å². The molecular formula is C12H14N4O2S. The second-order valence-corrected chi connectivity index (χ2v) is 5.73. The number of sulfonamides is 1. The van der Waals surface area contributed by atoms with Gasteiger partial charge in [0.1, 0.15) is 6.33 Å². The zero-order valence-electron chi connectivity index (χ0n) is 10.2. The molecular weight excluding hydrogens is 264 g/mol. The average molecular weight is 278 g/mol. The second kappa shape index (κ2) is 5.77. The molecule has 0 saturated heterocycles. The molecule has 1 aromatic carbocycles. The molecule has 0 saturated carbocycles. The van der Waals surface area contributed by atoms with Gasteiger partial charge in [0.25, 0.3) is 0 Å². The van der Waals surface area contributed by atoms with Gasteiger partial charge in [-0.05, 0) is 11.1 Å². The average Bonchev–Trinajstić information content (AvgIpc) is 2.39. The van der Waals surface area contributed by atoms with Crippen molar-refractivity contribution in [2.75, 3.05) is 4.72 Å². The van der Waals surface area contributed by atoms with Gasteiger partial charge in [-0.1, -0.05) is 24.3 Å². The van der Waals surface area contributed by atoms with E-state index in [-0.39, 0.29) is 5.75 Å². The second-order valence-electron chi connectivity index (χ2n) is 4.01. The molecule has 3 N–H and O–H groups in total. The smallest absolute Gasteiger partial charge is 0.237 e. The predicted molar refractivity (Wildman–Crippen MR) is 72.6 cm³/mol. The summed E-state index contributed by atoms with van der Waals surface area (Å²) in [5.41, 5.74) is 7.46. The third kappa shape index (κ3) is 4.01. The summed E-state index contributed by atoms with van der Waals surface area (Å²) in [5, 5.41) is 0. The molecule has 0 atom stereocenters. The maximum atomic E-state index is 12.0. The fraction of sp³-hybridized carbons (Fsp3) is 0.167. The quantitative estimate of drug-likeness (QED) is 0.846. The van der Waals surface area contributed by atoms with Crippen LogP contribution < -0.4 is 10.5 Å². The Morgan fingerprint density at radius 3 is 2.53 bits per heavy atom. The summed E-state index contributed by atoms with van der Waals surface area (Å²) in [7, 11) is -3.48. The minimum atomic E-state index is -3.48. The lowest BCUT2D eigenvalue weighted by Gasteiger charge is -2.08. The first-order chi connectivity index (χ1) is 9.09. The molecule has 0 unspecified atom stereocenters. The number of nitrogens with one attached hydrogen (secondary N) is 1. The van der Waals surface area contributed by atoms with Crippen molar-refractivity contribution in [3.05, 3.63) is 54.1 Å². The first-order valence-electron chi connectivity index (χ1n) is 5.62. The Kier molecular flexibility index (Phi) is 4.08. The number of anilines is 1. The van der Waals surface area contributed by atoms with Gasteiger partial charge in [-0.3, -0.25) is 4.72 Å². The third-order valence-corrected chi connectivity index (χ3v) is 3.68. The maximum absolute atomic E-state index is 12.0. The molecule has 1 aromatic heterocycles. The zero-order chi connectivity index (χ0) is 13.7. The summed E-state index contributed by atoms with van der Waals surface area (Å²) in [6.45, 7) is 0.383. The molecule has 7 heteroatoms. The maximum Gasteiger partial charge on any atom is 0.237 e. The number of nitrogens with zero attached hydrogens (tertiary/aromatic N) is 2. The standard InChI is InChI=1S/C12H14N4O2S/c13-5-10-2-1-3-11(4-10)8-19(17,18)16-12-6-14-9-15-7-12/h1-4,6-7,9,16H,5,8,13H2. The van der Waals surface area contributed by atoms with Gasteiger partial charge in [0.2, 0.25) is 10.0 Å². The molecule has 0 spiro atoms. The van der Waals surface area contributed by atoms with Crippen LogP contribution in [0.25, 0.3) is 0 Å². The van der Waals surface area contributed by atoms with Crippen LogP contribution in [0, 0.1) is 0 Å². The van der Waals surface area contributed by atoms with Crippen molar-refractivity contribution in [2.24, 2.45) is 5.73 Å². The van der Waals surface area contributed by atoms with Crippen molar-refractivity contribution in [2.45, 2.75) is 12.3 Å². The number of rotatable bonds is 5. The van der Waals surface area contributed by atoms with E-state index in [9.17, 15) is 8.42 Å². The molecule has 0 aliphatic heterocycles. The molecule has 19 heavy (non-hydrogen) atoms. The van der Waals surface area contributed by atoms with E-state index in [1.165, 1.54) is 18.7 Å². The van der Waals surface area contributed by atoms with Gasteiger partial charge >= 0.3 is 0 Å². The van der Waals surface area contributed by atoms with Gasteiger partial charge in [0.05, 0.1) is 23.8 Å². The molecule has 100 valence electrons. The lowest BCUT2D eigenvalue weighted by molar-refractivity contribution is 0.600. The number of nitrogens with two attached hydrogens (primary N) is 1. The van der Waals surface area contributed by atoms with Crippen LogP contribution in [0.2, 0.25) is 0 Å². The van der Waals surface area contributed by atoms with Crippen LogP contribution in [0.5, 0.6) is 0 Å². The minimum absolute atomic E-state index is 0.115. The number of aromatic nitrogens is 2. The van der Waals surface area contributed by atoms with Gasteiger partial charge in [0.15, 0.2) is 0 Å². The van der Waals surface area contributed by atoms with E-state index < -0.39 is 10.0 Å².